The van der Waals surface area contributed by atoms with Crippen LogP contribution in [0.1, 0.15) is 23.1 Å². The van der Waals surface area contributed by atoms with Gasteiger partial charge < -0.3 is 4.74 Å². The Hall–Kier alpha value is -3.18. The molecule has 0 saturated heterocycles. The Labute approximate surface area is 180 Å². The third-order valence-electron chi connectivity index (χ3n) is 5.10. The molecule has 0 aliphatic carbocycles. The van der Waals surface area contributed by atoms with Crippen molar-refractivity contribution in [3.63, 3.8) is 0 Å². The Morgan fingerprint density at radius 2 is 1.63 bits per heavy atom. The Kier molecular flexibility index (Phi) is 6.10. The Balaban J connectivity index is 1.67. The summed E-state index contributed by atoms with van der Waals surface area (Å²) >= 11 is 1.54. The highest BCUT2D eigenvalue weighted by atomic mass is 32.1. The number of carbonyl (C=O) groups excluding carboxylic acids is 1. The molecule has 4 rings (SSSR count). The molecule has 1 aromatic heterocycles. The van der Waals surface area contributed by atoms with Gasteiger partial charge in [0.2, 0.25) is 5.91 Å². The monoisotopic (exact) mass is 416 g/mol. The summed E-state index contributed by atoms with van der Waals surface area (Å²) in [7, 11) is 1.65. The zero-order chi connectivity index (χ0) is 20.9. The molecule has 0 N–H and O–H groups in total. The van der Waals surface area contributed by atoms with Crippen molar-refractivity contribution in [1.29, 1.82) is 0 Å². The lowest BCUT2D eigenvalue weighted by Crippen LogP contribution is -2.30. The zero-order valence-corrected chi connectivity index (χ0v) is 18.0. The smallest absolute Gasteiger partial charge is 0.229 e. The van der Waals surface area contributed by atoms with Crippen molar-refractivity contribution in [2.24, 2.45) is 0 Å². The van der Waals surface area contributed by atoms with Crippen LogP contribution in [0.15, 0.2) is 72.8 Å². The van der Waals surface area contributed by atoms with E-state index in [1.807, 2.05) is 65.6 Å². The van der Waals surface area contributed by atoms with Gasteiger partial charge in [0.05, 0.1) is 18.4 Å². The summed E-state index contributed by atoms with van der Waals surface area (Å²) in [5, 5.41) is 0.708. The number of carbonyl (C=O) groups is 1. The first-order valence-corrected chi connectivity index (χ1v) is 10.8. The van der Waals surface area contributed by atoms with E-state index in [1.54, 1.807) is 18.4 Å². The predicted octanol–water partition coefficient (Wildman–Crippen LogP) is 5.78. The molecule has 0 saturated carbocycles. The van der Waals surface area contributed by atoms with Crippen LogP contribution in [-0.2, 0) is 17.8 Å². The van der Waals surface area contributed by atoms with Crippen molar-refractivity contribution in [3.05, 3.63) is 89.5 Å². The summed E-state index contributed by atoms with van der Waals surface area (Å²) in [6, 6.07) is 24.1. The molecule has 0 fully saturated rings. The van der Waals surface area contributed by atoms with Crippen LogP contribution >= 0.6 is 11.3 Å². The Morgan fingerprint density at radius 3 is 2.30 bits per heavy atom. The van der Waals surface area contributed by atoms with Gasteiger partial charge >= 0.3 is 0 Å². The number of aryl methyl sites for hydroxylation is 2. The van der Waals surface area contributed by atoms with Crippen molar-refractivity contribution in [3.8, 4) is 5.75 Å². The van der Waals surface area contributed by atoms with Crippen molar-refractivity contribution in [1.82, 2.24) is 4.98 Å². The summed E-state index contributed by atoms with van der Waals surface area (Å²) in [4.78, 5) is 19.9. The first-order valence-electron chi connectivity index (χ1n) is 9.98. The maximum absolute atomic E-state index is 13.3. The van der Waals surface area contributed by atoms with E-state index in [-0.39, 0.29) is 5.91 Å². The molecule has 30 heavy (non-hydrogen) atoms. The number of anilines is 1. The minimum atomic E-state index is 0.0679. The number of fused-ring (bicyclic) bond motifs is 1. The molecule has 1 amide bonds. The number of thiazole rings is 1. The molecule has 5 heteroatoms. The number of hydrogen-bond donors (Lipinski definition) is 0. The first-order chi connectivity index (χ1) is 14.7. The van der Waals surface area contributed by atoms with Gasteiger partial charge in [-0.2, -0.15) is 0 Å². The standard InChI is InChI=1S/C25H24N2O2S/c1-18-13-15-21(29-2)23-24(18)30-25(26-23)27(17-20-11-7-4-8-12-20)22(28)16-14-19-9-5-3-6-10-19/h3-13,15H,14,16-17H2,1-2H3. The highest BCUT2D eigenvalue weighted by molar-refractivity contribution is 7.22. The highest BCUT2D eigenvalue weighted by Crippen LogP contribution is 2.37. The molecule has 3 aromatic carbocycles. The fourth-order valence-corrected chi connectivity index (χ4v) is 4.51. The van der Waals surface area contributed by atoms with E-state index in [4.69, 9.17) is 9.72 Å². The molecule has 0 unspecified atom stereocenters. The number of methoxy groups -OCH3 is 1. The normalized spacial score (nSPS) is 10.9. The summed E-state index contributed by atoms with van der Waals surface area (Å²) < 4.78 is 6.55. The van der Waals surface area contributed by atoms with Crippen molar-refractivity contribution >= 4 is 32.6 Å². The molecule has 0 bridgehead atoms. The minimum absolute atomic E-state index is 0.0679. The number of nitrogens with zero attached hydrogens (tertiary/aromatic N) is 2. The van der Waals surface area contributed by atoms with Crippen molar-refractivity contribution in [2.45, 2.75) is 26.3 Å². The van der Waals surface area contributed by atoms with E-state index in [0.717, 1.165) is 32.7 Å². The molecule has 152 valence electrons. The molecule has 0 atom stereocenters. The molecule has 0 spiro atoms. The molecule has 1 heterocycles. The SMILES string of the molecule is COc1ccc(C)c2sc(N(Cc3ccccc3)C(=O)CCc3ccccc3)nc12. The Morgan fingerprint density at radius 1 is 0.967 bits per heavy atom. The maximum atomic E-state index is 13.3. The number of hydrogen-bond acceptors (Lipinski definition) is 4. The maximum Gasteiger partial charge on any atom is 0.229 e. The number of aromatic nitrogens is 1. The second-order valence-corrected chi connectivity index (χ2v) is 8.19. The fraction of sp³-hybridized carbons (Fsp3) is 0.200. The van der Waals surface area contributed by atoms with Crippen LogP contribution in [0.4, 0.5) is 5.13 Å². The van der Waals surface area contributed by atoms with E-state index in [2.05, 4.69) is 19.1 Å². The van der Waals surface area contributed by atoms with Gasteiger partial charge in [-0.1, -0.05) is 78.1 Å². The lowest BCUT2D eigenvalue weighted by molar-refractivity contribution is -0.118. The van der Waals surface area contributed by atoms with Crippen LogP contribution in [0.25, 0.3) is 10.2 Å². The molecule has 0 aliphatic rings. The van der Waals surface area contributed by atoms with Crippen LogP contribution < -0.4 is 9.64 Å². The first kappa shape index (κ1) is 20.1. The van der Waals surface area contributed by atoms with Gasteiger partial charge in [-0.25, -0.2) is 4.98 Å². The molecule has 0 aliphatic heterocycles. The number of amides is 1. The van der Waals surface area contributed by atoms with Crippen molar-refractivity contribution in [2.75, 3.05) is 12.0 Å². The van der Waals surface area contributed by atoms with Crippen LogP contribution in [0.2, 0.25) is 0 Å². The van der Waals surface area contributed by atoms with Gasteiger partial charge in [0, 0.05) is 6.42 Å². The molecule has 0 radical (unpaired) electrons. The van der Waals surface area contributed by atoms with Crippen LogP contribution in [0.5, 0.6) is 5.75 Å². The van der Waals surface area contributed by atoms with Gasteiger partial charge in [-0.05, 0) is 36.1 Å². The summed E-state index contributed by atoms with van der Waals surface area (Å²) in [6.45, 7) is 2.55. The second-order valence-electron chi connectivity index (χ2n) is 7.21. The average molecular weight is 417 g/mol. The summed E-state index contributed by atoms with van der Waals surface area (Å²) in [5.41, 5.74) is 4.18. The predicted molar refractivity (Wildman–Crippen MR) is 123 cm³/mol. The highest BCUT2D eigenvalue weighted by Gasteiger charge is 2.22. The minimum Gasteiger partial charge on any atom is -0.494 e. The van der Waals surface area contributed by atoms with Gasteiger partial charge in [0.25, 0.3) is 0 Å². The number of benzene rings is 3. The van der Waals surface area contributed by atoms with E-state index in [9.17, 15) is 4.79 Å². The van der Waals surface area contributed by atoms with Gasteiger partial charge in [0.1, 0.15) is 11.3 Å². The molecule has 4 aromatic rings. The van der Waals surface area contributed by atoms with Crippen LogP contribution in [0, 0.1) is 6.92 Å². The zero-order valence-electron chi connectivity index (χ0n) is 17.2. The molecule has 4 nitrogen and oxygen atoms in total. The number of ether oxygens (including phenoxy) is 1. The van der Waals surface area contributed by atoms with Gasteiger partial charge in [-0.15, -0.1) is 0 Å². The lowest BCUT2D eigenvalue weighted by atomic mass is 10.1. The lowest BCUT2D eigenvalue weighted by Gasteiger charge is -2.20. The fourth-order valence-electron chi connectivity index (χ4n) is 3.44. The van der Waals surface area contributed by atoms with Crippen LogP contribution in [-0.4, -0.2) is 18.0 Å². The third-order valence-corrected chi connectivity index (χ3v) is 6.31. The summed E-state index contributed by atoms with van der Waals surface area (Å²) in [5.74, 6) is 0.799. The topological polar surface area (TPSA) is 42.4 Å². The molecular weight excluding hydrogens is 392 g/mol. The third kappa shape index (κ3) is 4.36. The van der Waals surface area contributed by atoms with E-state index < -0.39 is 0 Å². The van der Waals surface area contributed by atoms with Crippen LogP contribution in [0.3, 0.4) is 0 Å². The van der Waals surface area contributed by atoms with E-state index in [0.29, 0.717) is 24.5 Å². The van der Waals surface area contributed by atoms with Gasteiger partial charge in [-0.3, -0.25) is 9.69 Å². The molecular formula is C25H24N2O2S. The Bertz CT molecular complexity index is 1140. The van der Waals surface area contributed by atoms with E-state index in [1.165, 1.54) is 0 Å². The average Bonchev–Trinajstić information content (AvgIpc) is 3.24. The largest absolute Gasteiger partial charge is 0.494 e. The summed E-state index contributed by atoms with van der Waals surface area (Å²) in [6.07, 6.45) is 1.14. The number of rotatable bonds is 7. The van der Waals surface area contributed by atoms with Gasteiger partial charge in [0.15, 0.2) is 5.13 Å². The van der Waals surface area contributed by atoms with E-state index >= 15 is 0 Å². The van der Waals surface area contributed by atoms with Crippen molar-refractivity contribution < 1.29 is 9.53 Å². The second kappa shape index (κ2) is 9.09. The quantitative estimate of drug-likeness (QED) is 0.383.